The highest BCUT2D eigenvalue weighted by molar-refractivity contribution is 5.93. The Morgan fingerprint density at radius 2 is 2.07 bits per heavy atom. The third kappa shape index (κ3) is 1.86. The van der Waals surface area contributed by atoms with E-state index in [-0.39, 0.29) is 6.10 Å². The zero-order valence-electron chi connectivity index (χ0n) is 8.90. The van der Waals surface area contributed by atoms with Gasteiger partial charge in [0.2, 0.25) is 0 Å². The lowest BCUT2D eigenvalue weighted by atomic mass is 10.2. The van der Waals surface area contributed by atoms with Crippen LogP contribution in [0.2, 0.25) is 0 Å². The summed E-state index contributed by atoms with van der Waals surface area (Å²) >= 11 is 0. The molecular formula is C12H14N2O. The van der Waals surface area contributed by atoms with Crippen molar-refractivity contribution < 1.29 is 4.74 Å². The molecule has 2 rings (SSSR count). The number of fused-ring (bicyclic) bond motifs is 1. The molecule has 0 aliphatic carbocycles. The van der Waals surface area contributed by atoms with Crippen LogP contribution in [0, 0.1) is 0 Å². The Kier molecular flexibility index (Phi) is 2.46. The maximum Gasteiger partial charge on any atom is 0.130 e. The number of anilines is 1. The van der Waals surface area contributed by atoms with Crippen LogP contribution >= 0.6 is 0 Å². The Labute approximate surface area is 88.9 Å². The summed E-state index contributed by atoms with van der Waals surface area (Å²) in [6, 6.07) is 7.58. The topological polar surface area (TPSA) is 48.1 Å². The number of aromatic nitrogens is 1. The molecule has 3 nitrogen and oxygen atoms in total. The van der Waals surface area contributed by atoms with Crippen LogP contribution in [0.1, 0.15) is 13.8 Å². The van der Waals surface area contributed by atoms with Crippen molar-refractivity contribution in [1.29, 1.82) is 0 Å². The van der Waals surface area contributed by atoms with Gasteiger partial charge in [-0.15, -0.1) is 0 Å². The molecule has 0 fully saturated rings. The highest BCUT2D eigenvalue weighted by Crippen LogP contribution is 2.27. The zero-order valence-corrected chi connectivity index (χ0v) is 8.90. The highest BCUT2D eigenvalue weighted by Gasteiger charge is 2.06. The fraction of sp³-hybridized carbons (Fsp3) is 0.250. The maximum atomic E-state index is 5.84. The highest BCUT2D eigenvalue weighted by atomic mass is 16.5. The van der Waals surface area contributed by atoms with Crippen molar-refractivity contribution in [1.82, 2.24) is 4.98 Å². The minimum absolute atomic E-state index is 0.150. The average Bonchev–Trinajstić information content (AvgIpc) is 2.19. The number of hydrogen-bond donors (Lipinski definition) is 1. The second kappa shape index (κ2) is 3.77. The van der Waals surface area contributed by atoms with E-state index in [0.29, 0.717) is 5.69 Å². The largest absolute Gasteiger partial charge is 0.490 e. The number of pyridine rings is 1. The number of ether oxygens (including phenoxy) is 1. The maximum absolute atomic E-state index is 5.84. The van der Waals surface area contributed by atoms with Crippen LogP contribution < -0.4 is 10.5 Å². The smallest absolute Gasteiger partial charge is 0.130 e. The summed E-state index contributed by atoms with van der Waals surface area (Å²) in [5.74, 6) is 0.835. The predicted molar refractivity (Wildman–Crippen MR) is 61.9 cm³/mol. The van der Waals surface area contributed by atoms with E-state index in [0.717, 1.165) is 16.7 Å². The van der Waals surface area contributed by atoms with Crippen LogP contribution in [0.5, 0.6) is 5.75 Å². The fourth-order valence-corrected chi connectivity index (χ4v) is 1.53. The Balaban J connectivity index is 2.61. The molecule has 0 bridgehead atoms. The normalized spacial score (nSPS) is 10.9. The van der Waals surface area contributed by atoms with Gasteiger partial charge in [0.25, 0.3) is 0 Å². The standard InChI is InChI=1S/C12H14N2O/c1-8(2)15-11-6-7-14-12-9(11)4-3-5-10(12)13/h3-8H,13H2,1-2H3. The SMILES string of the molecule is CC(C)Oc1ccnc2c(N)cccc12. The van der Waals surface area contributed by atoms with Gasteiger partial charge in [-0.3, -0.25) is 4.98 Å². The molecule has 1 aromatic heterocycles. The Hall–Kier alpha value is -1.77. The number of nitrogens with two attached hydrogens (primary N) is 1. The van der Waals surface area contributed by atoms with Gasteiger partial charge in [-0.1, -0.05) is 6.07 Å². The van der Waals surface area contributed by atoms with Gasteiger partial charge >= 0.3 is 0 Å². The van der Waals surface area contributed by atoms with E-state index in [2.05, 4.69) is 4.98 Å². The van der Waals surface area contributed by atoms with Crippen molar-refractivity contribution >= 4 is 16.6 Å². The third-order valence-corrected chi connectivity index (χ3v) is 2.12. The molecule has 0 spiro atoms. The lowest BCUT2D eigenvalue weighted by Crippen LogP contribution is -2.06. The van der Waals surface area contributed by atoms with E-state index < -0.39 is 0 Å². The van der Waals surface area contributed by atoms with Crippen LogP contribution in [0.25, 0.3) is 10.9 Å². The minimum Gasteiger partial charge on any atom is -0.490 e. The van der Waals surface area contributed by atoms with Crippen LogP contribution in [0.4, 0.5) is 5.69 Å². The predicted octanol–water partition coefficient (Wildman–Crippen LogP) is 2.60. The molecule has 0 aliphatic heterocycles. The summed E-state index contributed by atoms with van der Waals surface area (Å²) in [6.45, 7) is 4.00. The molecule has 0 radical (unpaired) electrons. The Morgan fingerprint density at radius 1 is 1.27 bits per heavy atom. The van der Waals surface area contributed by atoms with Crippen molar-refractivity contribution in [3.05, 3.63) is 30.5 Å². The lowest BCUT2D eigenvalue weighted by molar-refractivity contribution is 0.245. The van der Waals surface area contributed by atoms with E-state index in [9.17, 15) is 0 Å². The van der Waals surface area contributed by atoms with E-state index in [1.807, 2.05) is 38.1 Å². The summed E-state index contributed by atoms with van der Waals surface area (Å²) in [4.78, 5) is 4.24. The molecule has 78 valence electrons. The van der Waals surface area contributed by atoms with Crippen molar-refractivity contribution in [2.45, 2.75) is 20.0 Å². The third-order valence-electron chi connectivity index (χ3n) is 2.12. The number of benzene rings is 1. The van der Waals surface area contributed by atoms with Crippen LogP contribution in [0.3, 0.4) is 0 Å². The molecule has 0 aliphatic rings. The lowest BCUT2D eigenvalue weighted by Gasteiger charge is -2.12. The van der Waals surface area contributed by atoms with Gasteiger partial charge in [0, 0.05) is 11.6 Å². The van der Waals surface area contributed by atoms with Crippen molar-refractivity contribution in [3.8, 4) is 5.75 Å². The molecular weight excluding hydrogens is 188 g/mol. The summed E-state index contributed by atoms with van der Waals surface area (Å²) in [5.41, 5.74) is 7.32. The molecule has 15 heavy (non-hydrogen) atoms. The molecule has 0 unspecified atom stereocenters. The first kappa shape index (κ1) is 9.77. The van der Waals surface area contributed by atoms with E-state index in [1.165, 1.54) is 0 Å². The molecule has 2 N–H and O–H groups in total. The molecule has 0 amide bonds. The second-order valence-corrected chi connectivity index (χ2v) is 3.72. The molecule has 0 atom stereocenters. The first-order valence-corrected chi connectivity index (χ1v) is 4.98. The van der Waals surface area contributed by atoms with Gasteiger partial charge in [-0.25, -0.2) is 0 Å². The number of nitrogens with zero attached hydrogens (tertiary/aromatic N) is 1. The zero-order chi connectivity index (χ0) is 10.8. The van der Waals surface area contributed by atoms with Gasteiger partial charge < -0.3 is 10.5 Å². The first-order valence-electron chi connectivity index (χ1n) is 4.98. The van der Waals surface area contributed by atoms with Gasteiger partial charge in [0.15, 0.2) is 0 Å². The van der Waals surface area contributed by atoms with Crippen LogP contribution in [-0.2, 0) is 0 Å². The van der Waals surface area contributed by atoms with Crippen LogP contribution in [-0.4, -0.2) is 11.1 Å². The summed E-state index contributed by atoms with van der Waals surface area (Å²) in [5, 5.41) is 0.964. The summed E-state index contributed by atoms with van der Waals surface area (Å²) in [6.07, 6.45) is 1.87. The van der Waals surface area contributed by atoms with Crippen molar-refractivity contribution in [2.24, 2.45) is 0 Å². The van der Waals surface area contributed by atoms with E-state index in [1.54, 1.807) is 6.20 Å². The number of nitrogen functional groups attached to an aromatic ring is 1. The molecule has 0 saturated heterocycles. The fourth-order valence-electron chi connectivity index (χ4n) is 1.53. The average molecular weight is 202 g/mol. The summed E-state index contributed by atoms with van der Waals surface area (Å²) < 4.78 is 5.69. The van der Waals surface area contributed by atoms with E-state index >= 15 is 0 Å². The molecule has 1 heterocycles. The quantitative estimate of drug-likeness (QED) is 0.761. The first-order chi connectivity index (χ1) is 7.18. The van der Waals surface area contributed by atoms with E-state index in [4.69, 9.17) is 10.5 Å². The minimum atomic E-state index is 0.150. The molecule has 0 saturated carbocycles. The molecule has 3 heteroatoms. The number of rotatable bonds is 2. The Bertz CT molecular complexity index is 480. The van der Waals surface area contributed by atoms with Crippen molar-refractivity contribution in [2.75, 3.05) is 5.73 Å². The molecule has 2 aromatic rings. The Morgan fingerprint density at radius 3 is 2.80 bits per heavy atom. The number of para-hydroxylation sites is 1. The number of hydrogen-bond acceptors (Lipinski definition) is 3. The van der Waals surface area contributed by atoms with Crippen molar-refractivity contribution in [3.63, 3.8) is 0 Å². The van der Waals surface area contributed by atoms with Gasteiger partial charge in [0.1, 0.15) is 5.75 Å². The summed E-state index contributed by atoms with van der Waals surface area (Å²) in [7, 11) is 0. The van der Waals surface area contributed by atoms with Gasteiger partial charge in [-0.05, 0) is 32.0 Å². The van der Waals surface area contributed by atoms with Gasteiger partial charge in [-0.2, -0.15) is 0 Å². The second-order valence-electron chi connectivity index (χ2n) is 3.72. The molecule has 1 aromatic carbocycles. The van der Waals surface area contributed by atoms with Gasteiger partial charge in [0.05, 0.1) is 17.3 Å². The van der Waals surface area contributed by atoms with Crippen LogP contribution in [0.15, 0.2) is 30.5 Å². The monoisotopic (exact) mass is 202 g/mol.